The van der Waals surface area contributed by atoms with Crippen LogP contribution in [-0.4, -0.2) is 35.4 Å². The van der Waals surface area contributed by atoms with Gasteiger partial charge in [0.15, 0.2) is 0 Å². The summed E-state index contributed by atoms with van der Waals surface area (Å²) in [7, 11) is 0. The highest BCUT2D eigenvalue weighted by Gasteiger charge is 2.39. The molecule has 1 N–H and O–H groups in total. The zero-order valence-electron chi connectivity index (χ0n) is 11.4. The van der Waals surface area contributed by atoms with Gasteiger partial charge in [-0.2, -0.15) is 0 Å². The molecule has 1 amide bonds. The number of hydrogen-bond acceptors (Lipinski definition) is 4. The lowest BCUT2D eigenvalue weighted by Crippen LogP contribution is -2.50. The van der Waals surface area contributed by atoms with Crippen LogP contribution in [0.25, 0.3) is 0 Å². The second-order valence-corrected chi connectivity index (χ2v) is 6.92. The van der Waals surface area contributed by atoms with Gasteiger partial charge >= 0.3 is 0 Å². The van der Waals surface area contributed by atoms with Gasteiger partial charge in [-0.25, -0.2) is 4.98 Å². The summed E-state index contributed by atoms with van der Waals surface area (Å²) < 4.78 is 0. The van der Waals surface area contributed by atoms with Crippen molar-refractivity contribution in [2.24, 2.45) is 5.41 Å². The molecule has 104 valence electrons. The van der Waals surface area contributed by atoms with Gasteiger partial charge in [-0.1, -0.05) is 0 Å². The van der Waals surface area contributed by atoms with Gasteiger partial charge in [0.05, 0.1) is 17.2 Å². The molecule has 2 fully saturated rings. The fourth-order valence-electron chi connectivity index (χ4n) is 3.29. The molecule has 3 rings (SSSR count). The molecular weight excluding hydrogens is 258 g/mol. The van der Waals surface area contributed by atoms with Crippen molar-refractivity contribution in [1.29, 1.82) is 0 Å². The lowest BCUT2D eigenvalue weighted by atomic mass is 9.73. The molecule has 2 saturated heterocycles. The number of aryl methyl sites for hydroxylation is 1. The van der Waals surface area contributed by atoms with Crippen LogP contribution in [-0.2, 0) is 11.3 Å². The Morgan fingerprint density at radius 3 is 2.89 bits per heavy atom. The van der Waals surface area contributed by atoms with Gasteiger partial charge in [-0.05, 0) is 44.7 Å². The maximum atomic E-state index is 12.1. The number of thiazole rings is 1. The van der Waals surface area contributed by atoms with Crippen LogP contribution in [0.4, 0.5) is 0 Å². The number of hydrogen-bond donors (Lipinski definition) is 1. The van der Waals surface area contributed by atoms with Gasteiger partial charge in [0.25, 0.3) is 0 Å². The third kappa shape index (κ3) is 2.82. The highest BCUT2D eigenvalue weighted by molar-refractivity contribution is 7.09. The first kappa shape index (κ1) is 13.1. The van der Waals surface area contributed by atoms with E-state index >= 15 is 0 Å². The van der Waals surface area contributed by atoms with E-state index in [4.69, 9.17) is 0 Å². The maximum absolute atomic E-state index is 12.1. The zero-order valence-corrected chi connectivity index (χ0v) is 12.3. The molecule has 0 aromatic carbocycles. The van der Waals surface area contributed by atoms with E-state index in [1.54, 1.807) is 11.3 Å². The van der Waals surface area contributed by atoms with E-state index in [0.717, 1.165) is 36.8 Å². The van der Waals surface area contributed by atoms with E-state index in [1.807, 2.05) is 11.8 Å². The number of piperidine rings is 2. The Labute approximate surface area is 118 Å². The van der Waals surface area contributed by atoms with Crippen molar-refractivity contribution in [2.75, 3.05) is 19.6 Å². The molecule has 0 saturated carbocycles. The summed E-state index contributed by atoms with van der Waals surface area (Å²) in [5.41, 5.74) is 1.41. The summed E-state index contributed by atoms with van der Waals surface area (Å²) in [6.45, 7) is 5.82. The average Bonchev–Trinajstić information content (AvgIpc) is 2.81. The number of amides is 1. The van der Waals surface area contributed by atoms with Crippen LogP contribution in [0.1, 0.15) is 36.4 Å². The fourth-order valence-corrected chi connectivity index (χ4v) is 3.89. The minimum atomic E-state index is 0.301. The molecule has 4 nitrogen and oxygen atoms in total. The smallest absolute Gasteiger partial charge is 0.222 e. The number of rotatable bonds is 2. The summed E-state index contributed by atoms with van der Waals surface area (Å²) in [6, 6.07) is 0. The second-order valence-electron chi connectivity index (χ2n) is 5.86. The molecule has 2 aliphatic rings. The third-order valence-electron chi connectivity index (χ3n) is 4.43. The molecule has 5 heteroatoms. The monoisotopic (exact) mass is 279 g/mol. The Balaban J connectivity index is 1.70. The van der Waals surface area contributed by atoms with Crippen LogP contribution in [0.5, 0.6) is 0 Å². The van der Waals surface area contributed by atoms with Crippen LogP contribution >= 0.6 is 11.3 Å². The zero-order chi connectivity index (χ0) is 13.3. The van der Waals surface area contributed by atoms with Crippen molar-refractivity contribution >= 4 is 17.2 Å². The van der Waals surface area contributed by atoms with Gasteiger partial charge < -0.3 is 10.2 Å². The van der Waals surface area contributed by atoms with Crippen molar-refractivity contribution in [1.82, 2.24) is 15.2 Å². The summed E-state index contributed by atoms with van der Waals surface area (Å²) in [5.74, 6) is 0.301. The standard InChI is InChI=1S/C14H21N3OS/c1-11-16-12(9-19-11)8-17-10-14(3-2-13(17)18)4-6-15-7-5-14/h9,15H,2-8,10H2,1H3. The van der Waals surface area contributed by atoms with Crippen molar-refractivity contribution < 1.29 is 4.79 Å². The number of carbonyl (C=O) groups excluding carboxylic acids is 1. The predicted molar refractivity (Wildman–Crippen MR) is 76.0 cm³/mol. The van der Waals surface area contributed by atoms with E-state index < -0.39 is 0 Å². The van der Waals surface area contributed by atoms with Crippen LogP contribution in [0.3, 0.4) is 0 Å². The van der Waals surface area contributed by atoms with Crippen molar-refractivity contribution in [3.63, 3.8) is 0 Å². The molecule has 1 spiro atoms. The van der Waals surface area contributed by atoms with Crippen molar-refractivity contribution in [3.05, 3.63) is 16.1 Å². The normalized spacial score (nSPS) is 23.0. The van der Waals surface area contributed by atoms with E-state index in [0.29, 0.717) is 24.3 Å². The molecule has 0 unspecified atom stereocenters. The highest BCUT2D eigenvalue weighted by Crippen LogP contribution is 2.38. The summed E-state index contributed by atoms with van der Waals surface area (Å²) >= 11 is 1.66. The second kappa shape index (κ2) is 5.21. The van der Waals surface area contributed by atoms with Crippen LogP contribution in [0.15, 0.2) is 5.38 Å². The first-order valence-electron chi connectivity index (χ1n) is 7.06. The Bertz CT molecular complexity index is 465. The van der Waals surface area contributed by atoms with Crippen LogP contribution in [0, 0.1) is 12.3 Å². The molecule has 0 aliphatic carbocycles. The van der Waals surface area contributed by atoms with Gasteiger partial charge in [0.2, 0.25) is 5.91 Å². The van der Waals surface area contributed by atoms with Crippen LogP contribution < -0.4 is 5.32 Å². The Morgan fingerprint density at radius 1 is 1.42 bits per heavy atom. The molecule has 0 bridgehead atoms. The van der Waals surface area contributed by atoms with Gasteiger partial charge in [-0.15, -0.1) is 11.3 Å². The highest BCUT2D eigenvalue weighted by atomic mass is 32.1. The summed E-state index contributed by atoms with van der Waals surface area (Å²) in [5, 5.41) is 6.58. The van der Waals surface area contributed by atoms with E-state index in [2.05, 4.69) is 15.7 Å². The number of carbonyl (C=O) groups is 1. The van der Waals surface area contributed by atoms with E-state index in [1.165, 1.54) is 12.8 Å². The quantitative estimate of drug-likeness (QED) is 0.900. The van der Waals surface area contributed by atoms with Crippen molar-refractivity contribution in [3.8, 4) is 0 Å². The van der Waals surface area contributed by atoms with Gasteiger partial charge in [0.1, 0.15) is 0 Å². The number of nitrogens with zero attached hydrogens (tertiary/aromatic N) is 2. The first-order chi connectivity index (χ1) is 9.17. The van der Waals surface area contributed by atoms with E-state index in [9.17, 15) is 4.79 Å². The molecule has 2 aliphatic heterocycles. The third-order valence-corrected chi connectivity index (χ3v) is 5.25. The topological polar surface area (TPSA) is 45.2 Å². The largest absolute Gasteiger partial charge is 0.336 e. The first-order valence-corrected chi connectivity index (χ1v) is 7.94. The Kier molecular flexibility index (Phi) is 3.58. The van der Waals surface area contributed by atoms with E-state index in [-0.39, 0.29) is 0 Å². The van der Waals surface area contributed by atoms with Gasteiger partial charge in [-0.3, -0.25) is 4.79 Å². The SMILES string of the molecule is Cc1nc(CN2CC3(CCNCC3)CCC2=O)cs1. The molecular formula is C14H21N3OS. The summed E-state index contributed by atoms with van der Waals surface area (Å²) in [4.78, 5) is 18.6. The Morgan fingerprint density at radius 2 is 2.21 bits per heavy atom. The predicted octanol–water partition coefficient (Wildman–Crippen LogP) is 1.94. The molecule has 3 heterocycles. The molecule has 1 aromatic rings. The molecule has 0 atom stereocenters. The lowest BCUT2D eigenvalue weighted by Gasteiger charge is -2.45. The molecule has 0 radical (unpaired) electrons. The fraction of sp³-hybridized carbons (Fsp3) is 0.714. The maximum Gasteiger partial charge on any atom is 0.222 e. The number of nitrogens with one attached hydrogen (secondary N) is 1. The average molecular weight is 279 g/mol. The minimum absolute atomic E-state index is 0.301. The molecule has 19 heavy (non-hydrogen) atoms. The molecule has 1 aromatic heterocycles. The number of aromatic nitrogens is 1. The lowest BCUT2D eigenvalue weighted by molar-refractivity contribution is -0.139. The number of likely N-dealkylation sites (tertiary alicyclic amines) is 1. The minimum Gasteiger partial charge on any atom is -0.336 e. The van der Waals surface area contributed by atoms with Crippen molar-refractivity contribution in [2.45, 2.75) is 39.2 Å². The summed E-state index contributed by atoms with van der Waals surface area (Å²) in [6.07, 6.45) is 4.18. The Hall–Kier alpha value is -0.940. The van der Waals surface area contributed by atoms with Gasteiger partial charge in [0, 0.05) is 18.3 Å². The van der Waals surface area contributed by atoms with Crippen LogP contribution in [0.2, 0.25) is 0 Å².